The molecule has 13 heavy (non-hydrogen) atoms. The third-order valence-corrected chi connectivity index (χ3v) is 1.90. The molecule has 74 valence electrons. The van der Waals surface area contributed by atoms with Crippen LogP contribution in [-0.4, -0.2) is 14.7 Å². The van der Waals surface area contributed by atoms with Crippen LogP contribution in [0.3, 0.4) is 0 Å². The van der Waals surface area contributed by atoms with Crippen LogP contribution in [-0.2, 0) is 13.6 Å². The van der Waals surface area contributed by atoms with Gasteiger partial charge >= 0.3 is 5.69 Å². The molecule has 1 rings (SSSR count). The van der Waals surface area contributed by atoms with E-state index in [1.165, 1.54) is 0 Å². The second kappa shape index (κ2) is 3.03. The van der Waals surface area contributed by atoms with Gasteiger partial charge in [0.1, 0.15) is 0 Å². The SMILES string of the molecule is Cc1cn(C)c(=O)n1CC(C)(C)N. The van der Waals surface area contributed by atoms with Gasteiger partial charge in [-0.05, 0) is 20.8 Å². The van der Waals surface area contributed by atoms with Crippen molar-refractivity contribution in [2.75, 3.05) is 0 Å². The molecule has 4 heteroatoms. The average Bonchev–Trinajstić information content (AvgIpc) is 2.14. The third-order valence-electron chi connectivity index (χ3n) is 1.90. The fourth-order valence-corrected chi connectivity index (χ4v) is 1.35. The summed E-state index contributed by atoms with van der Waals surface area (Å²) in [5.41, 5.74) is 6.44. The minimum Gasteiger partial charge on any atom is -0.324 e. The molecule has 0 unspecified atom stereocenters. The van der Waals surface area contributed by atoms with E-state index in [1.54, 1.807) is 16.2 Å². The molecule has 0 saturated heterocycles. The van der Waals surface area contributed by atoms with Gasteiger partial charge in [0.15, 0.2) is 0 Å². The van der Waals surface area contributed by atoms with Crippen LogP contribution < -0.4 is 11.4 Å². The van der Waals surface area contributed by atoms with E-state index in [9.17, 15) is 4.79 Å². The second-order valence-electron chi connectivity index (χ2n) is 4.24. The van der Waals surface area contributed by atoms with Gasteiger partial charge in [-0.1, -0.05) is 0 Å². The van der Waals surface area contributed by atoms with E-state index in [1.807, 2.05) is 27.0 Å². The Morgan fingerprint density at radius 3 is 2.38 bits per heavy atom. The second-order valence-corrected chi connectivity index (χ2v) is 4.24. The van der Waals surface area contributed by atoms with Crippen molar-refractivity contribution in [1.29, 1.82) is 0 Å². The molecule has 0 aliphatic carbocycles. The number of imidazole rings is 1. The standard InChI is InChI=1S/C9H17N3O/c1-7-5-11(4)8(13)12(7)6-9(2,3)10/h5H,6,10H2,1-4H3. The Bertz CT molecular complexity index is 354. The molecule has 1 heterocycles. The summed E-state index contributed by atoms with van der Waals surface area (Å²) in [4.78, 5) is 11.5. The van der Waals surface area contributed by atoms with Gasteiger partial charge in [-0.2, -0.15) is 0 Å². The molecule has 0 amide bonds. The van der Waals surface area contributed by atoms with E-state index in [2.05, 4.69) is 0 Å². The fourth-order valence-electron chi connectivity index (χ4n) is 1.35. The number of aryl methyl sites for hydroxylation is 2. The Morgan fingerprint density at radius 2 is 2.08 bits per heavy atom. The van der Waals surface area contributed by atoms with E-state index >= 15 is 0 Å². The molecule has 0 bridgehead atoms. The van der Waals surface area contributed by atoms with Crippen LogP contribution in [0.15, 0.2) is 11.0 Å². The van der Waals surface area contributed by atoms with Crippen molar-refractivity contribution in [3.8, 4) is 0 Å². The van der Waals surface area contributed by atoms with E-state index in [0.717, 1.165) is 5.69 Å². The largest absolute Gasteiger partial charge is 0.328 e. The lowest BCUT2D eigenvalue weighted by Crippen LogP contribution is -2.40. The molecule has 0 aliphatic rings. The van der Waals surface area contributed by atoms with Crippen LogP contribution in [0.25, 0.3) is 0 Å². The first-order valence-corrected chi connectivity index (χ1v) is 4.33. The first kappa shape index (κ1) is 10.1. The first-order chi connectivity index (χ1) is 5.81. The van der Waals surface area contributed by atoms with Gasteiger partial charge in [-0.15, -0.1) is 0 Å². The van der Waals surface area contributed by atoms with Crippen molar-refractivity contribution in [2.45, 2.75) is 32.9 Å². The molecule has 2 N–H and O–H groups in total. The summed E-state index contributed by atoms with van der Waals surface area (Å²) >= 11 is 0. The summed E-state index contributed by atoms with van der Waals surface area (Å²) in [6.07, 6.45) is 1.81. The summed E-state index contributed by atoms with van der Waals surface area (Å²) in [5, 5.41) is 0. The normalized spacial score (nSPS) is 12.1. The van der Waals surface area contributed by atoms with Crippen molar-refractivity contribution >= 4 is 0 Å². The van der Waals surface area contributed by atoms with Crippen LogP contribution in [0.5, 0.6) is 0 Å². The number of rotatable bonds is 2. The Labute approximate surface area is 78.0 Å². The monoisotopic (exact) mass is 183 g/mol. The van der Waals surface area contributed by atoms with Crippen LogP contribution in [0.2, 0.25) is 0 Å². The van der Waals surface area contributed by atoms with Crippen molar-refractivity contribution in [2.24, 2.45) is 12.8 Å². The molecule has 4 nitrogen and oxygen atoms in total. The lowest BCUT2D eigenvalue weighted by Gasteiger charge is -2.19. The van der Waals surface area contributed by atoms with Crippen LogP contribution in [0.1, 0.15) is 19.5 Å². The molecule has 0 aromatic carbocycles. The maximum absolute atomic E-state index is 11.5. The van der Waals surface area contributed by atoms with Crippen LogP contribution in [0.4, 0.5) is 0 Å². The van der Waals surface area contributed by atoms with Gasteiger partial charge in [-0.3, -0.25) is 4.57 Å². The van der Waals surface area contributed by atoms with Crippen molar-refractivity contribution < 1.29 is 0 Å². The summed E-state index contributed by atoms with van der Waals surface area (Å²) < 4.78 is 3.26. The van der Waals surface area contributed by atoms with E-state index in [-0.39, 0.29) is 11.2 Å². The molecule has 0 saturated carbocycles. The van der Waals surface area contributed by atoms with E-state index in [0.29, 0.717) is 6.54 Å². The number of nitrogens with two attached hydrogens (primary N) is 1. The Balaban J connectivity index is 3.09. The predicted molar refractivity (Wildman–Crippen MR) is 52.7 cm³/mol. The highest BCUT2D eigenvalue weighted by Gasteiger charge is 2.15. The Kier molecular flexibility index (Phi) is 2.34. The maximum atomic E-state index is 11.5. The quantitative estimate of drug-likeness (QED) is 0.713. The highest BCUT2D eigenvalue weighted by molar-refractivity contribution is 4.98. The highest BCUT2D eigenvalue weighted by Crippen LogP contribution is 2.03. The van der Waals surface area contributed by atoms with Gasteiger partial charge in [0, 0.05) is 31.0 Å². The zero-order valence-electron chi connectivity index (χ0n) is 8.66. The number of hydrogen-bond acceptors (Lipinski definition) is 2. The molecule has 1 aromatic rings. The zero-order valence-corrected chi connectivity index (χ0v) is 8.66. The van der Waals surface area contributed by atoms with Gasteiger partial charge in [0.05, 0.1) is 0 Å². The zero-order chi connectivity index (χ0) is 10.2. The third kappa shape index (κ3) is 2.21. The predicted octanol–water partition coefficient (Wildman–Crippen LogP) is 0.233. The highest BCUT2D eigenvalue weighted by atomic mass is 16.1. The van der Waals surface area contributed by atoms with Crippen LogP contribution in [0, 0.1) is 6.92 Å². The summed E-state index contributed by atoms with van der Waals surface area (Å²) in [5.74, 6) is 0. The van der Waals surface area contributed by atoms with Crippen molar-refractivity contribution in [3.63, 3.8) is 0 Å². The van der Waals surface area contributed by atoms with Gasteiger partial charge in [0.25, 0.3) is 0 Å². The Hall–Kier alpha value is -1.03. The summed E-state index contributed by atoms with van der Waals surface area (Å²) in [7, 11) is 1.75. The topological polar surface area (TPSA) is 53.0 Å². The Morgan fingerprint density at radius 1 is 1.54 bits per heavy atom. The molecule has 0 radical (unpaired) electrons. The molecular weight excluding hydrogens is 166 g/mol. The summed E-state index contributed by atoms with van der Waals surface area (Å²) in [6.45, 7) is 6.28. The first-order valence-electron chi connectivity index (χ1n) is 4.33. The molecular formula is C9H17N3O. The lowest BCUT2D eigenvalue weighted by atomic mass is 10.1. The van der Waals surface area contributed by atoms with Gasteiger partial charge in [0.2, 0.25) is 0 Å². The van der Waals surface area contributed by atoms with Crippen LogP contribution >= 0.6 is 0 Å². The number of hydrogen-bond donors (Lipinski definition) is 1. The van der Waals surface area contributed by atoms with Crippen molar-refractivity contribution in [3.05, 3.63) is 22.4 Å². The smallest absolute Gasteiger partial charge is 0.324 e. The number of aromatic nitrogens is 2. The maximum Gasteiger partial charge on any atom is 0.328 e. The molecule has 0 atom stereocenters. The summed E-state index contributed by atoms with van der Waals surface area (Å²) in [6, 6.07) is 0. The van der Waals surface area contributed by atoms with E-state index < -0.39 is 0 Å². The number of nitrogens with zero attached hydrogens (tertiary/aromatic N) is 2. The van der Waals surface area contributed by atoms with Gasteiger partial charge < -0.3 is 10.3 Å². The van der Waals surface area contributed by atoms with Crippen molar-refractivity contribution in [1.82, 2.24) is 9.13 Å². The molecule has 1 aromatic heterocycles. The molecule has 0 spiro atoms. The fraction of sp³-hybridized carbons (Fsp3) is 0.667. The minimum absolute atomic E-state index is 0.00368. The van der Waals surface area contributed by atoms with Gasteiger partial charge in [-0.25, -0.2) is 4.79 Å². The van der Waals surface area contributed by atoms with E-state index in [4.69, 9.17) is 5.73 Å². The molecule has 0 fully saturated rings. The molecule has 0 aliphatic heterocycles. The minimum atomic E-state index is -0.351. The average molecular weight is 183 g/mol. The lowest BCUT2D eigenvalue weighted by molar-refractivity contribution is 0.420.